The van der Waals surface area contributed by atoms with Gasteiger partial charge in [0.1, 0.15) is 0 Å². The highest BCUT2D eigenvalue weighted by atomic mass is 16.6. The standard InChI is InChI=1S/C17H18N2O5/c20-18(21)9-2-1-8(13(5-9)19(22)23)7-24-14-6-12-10-3-4-11-15(10)17(12)16(11)14/h1-2,5,10-12,14-17H,3-4,6-7H2/t10-,11+,12+,14+,15+,16+,17+/m0/s1. The van der Waals surface area contributed by atoms with Crippen molar-refractivity contribution in [1.29, 1.82) is 0 Å². The van der Waals surface area contributed by atoms with E-state index >= 15 is 0 Å². The van der Waals surface area contributed by atoms with Crippen molar-refractivity contribution in [2.24, 2.45) is 35.5 Å². The number of benzene rings is 1. The van der Waals surface area contributed by atoms with E-state index in [9.17, 15) is 20.2 Å². The van der Waals surface area contributed by atoms with Gasteiger partial charge in [0.05, 0.1) is 34.2 Å². The predicted octanol–water partition coefficient (Wildman–Crippen LogP) is 3.31. The molecule has 0 radical (unpaired) electrons. The molecule has 0 heterocycles. The fourth-order valence-electron chi connectivity index (χ4n) is 6.33. The fourth-order valence-corrected chi connectivity index (χ4v) is 6.33. The van der Waals surface area contributed by atoms with Gasteiger partial charge in [0, 0.05) is 6.07 Å². The van der Waals surface area contributed by atoms with Gasteiger partial charge in [-0.3, -0.25) is 20.2 Å². The van der Waals surface area contributed by atoms with E-state index in [1.165, 1.54) is 25.0 Å². The van der Waals surface area contributed by atoms with Gasteiger partial charge in [0.15, 0.2) is 0 Å². The van der Waals surface area contributed by atoms with Crippen LogP contribution in [-0.2, 0) is 11.3 Å². The summed E-state index contributed by atoms with van der Waals surface area (Å²) in [7, 11) is 0. The minimum atomic E-state index is -0.614. The number of nitro groups is 2. The number of nitrogens with zero attached hydrogens (tertiary/aromatic N) is 2. The van der Waals surface area contributed by atoms with E-state index in [0.29, 0.717) is 11.5 Å². The maximum Gasteiger partial charge on any atom is 0.281 e. The van der Waals surface area contributed by atoms with Crippen LogP contribution in [0.5, 0.6) is 0 Å². The van der Waals surface area contributed by atoms with Crippen molar-refractivity contribution in [3.05, 3.63) is 44.0 Å². The van der Waals surface area contributed by atoms with Crippen LogP contribution in [0.2, 0.25) is 0 Å². The van der Waals surface area contributed by atoms with E-state index in [0.717, 1.165) is 42.1 Å². The Balaban J connectivity index is 1.32. The Labute approximate surface area is 138 Å². The van der Waals surface area contributed by atoms with Crippen molar-refractivity contribution in [2.45, 2.75) is 32.0 Å². The molecule has 0 saturated heterocycles. The molecular weight excluding hydrogens is 312 g/mol. The van der Waals surface area contributed by atoms with Crippen LogP contribution >= 0.6 is 0 Å². The molecule has 1 aromatic rings. The molecule has 24 heavy (non-hydrogen) atoms. The molecule has 0 unspecified atom stereocenters. The fraction of sp³-hybridized carbons (Fsp3) is 0.647. The number of ether oxygens (including phenoxy) is 1. The zero-order valence-electron chi connectivity index (χ0n) is 13.0. The Morgan fingerprint density at radius 2 is 1.79 bits per heavy atom. The van der Waals surface area contributed by atoms with Gasteiger partial charge < -0.3 is 4.74 Å². The molecule has 126 valence electrons. The Hall–Kier alpha value is -2.02. The number of non-ortho nitro benzene ring substituents is 1. The Morgan fingerprint density at radius 3 is 2.54 bits per heavy atom. The summed E-state index contributed by atoms with van der Waals surface area (Å²) >= 11 is 0. The lowest BCUT2D eigenvalue weighted by Gasteiger charge is -2.60. The number of rotatable bonds is 5. The van der Waals surface area contributed by atoms with Crippen LogP contribution < -0.4 is 0 Å². The SMILES string of the molecule is O=[N+]([O-])c1ccc(CO[C@@H]2C[C@@H]3[C@@H]4CC[C@@H]5[C@@H]4[C@@H]3[C@H]52)c([N+](=O)[O-])c1. The molecule has 7 heteroatoms. The lowest BCUT2D eigenvalue weighted by molar-refractivity contribution is -0.394. The second-order valence-electron chi connectivity index (χ2n) is 7.71. The molecule has 0 amide bonds. The Bertz CT molecular complexity index is 740. The Kier molecular flexibility index (Phi) is 2.84. The summed E-state index contributed by atoms with van der Waals surface area (Å²) in [6, 6.07) is 3.79. The lowest BCUT2D eigenvalue weighted by Crippen LogP contribution is -2.57. The van der Waals surface area contributed by atoms with Crippen LogP contribution in [0.1, 0.15) is 24.8 Å². The van der Waals surface area contributed by atoms with Crippen molar-refractivity contribution in [3.63, 3.8) is 0 Å². The van der Waals surface area contributed by atoms with E-state index < -0.39 is 9.85 Å². The molecule has 0 bridgehead atoms. The van der Waals surface area contributed by atoms with E-state index in [4.69, 9.17) is 4.74 Å². The van der Waals surface area contributed by atoms with Gasteiger partial charge in [-0.1, -0.05) is 0 Å². The molecule has 0 aliphatic heterocycles. The molecule has 5 rings (SSSR count). The van der Waals surface area contributed by atoms with Crippen molar-refractivity contribution < 1.29 is 14.6 Å². The van der Waals surface area contributed by atoms with Crippen LogP contribution in [0.4, 0.5) is 11.4 Å². The lowest BCUT2D eigenvalue weighted by atomic mass is 9.45. The van der Waals surface area contributed by atoms with Crippen LogP contribution in [0.3, 0.4) is 0 Å². The molecule has 7 nitrogen and oxygen atoms in total. The molecule has 0 N–H and O–H groups in total. The normalized spacial score (nSPS) is 40.6. The predicted molar refractivity (Wildman–Crippen MR) is 83.1 cm³/mol. The van der Waals surface area contributed by atoms with Crippen LogP contribution in [0.15, 0.2) is 18.2 Å². The molecular formula is C17H18N2O5. The third-order valence-corrected chi connectivity index (χ3v) is 7.11. The maximum absolute atomic E-state index is 11.2. The van der Waals surface area contributed by atoms with E-state index in [2.05, 4.69) is 0 Å². The van der Waals surface area contributed by atoms with Crippen molar-refractivity contribution in [2.75, 3.05) is 0 Å². The number of nitro benzene ring substituents is 2. The summed E-state index contributed by atoms with van der Waals surface area (Å²) in [5, 5.41) is 22.0. The number of hydrogen-bond acceptors (Lipinski definition) is 5. The molecule has 1 aromatic carbocycles. The highest BCUT2D eigenvalue weighted by molar-refractivity contribution is 5.48. The van der Waals surface area contributed by atoms with Gasteiger partial charge in [-0.05, 0) is 60.8 Å². The third kappa shape index (κ3) is 1.70. The zero-order valence-corrected chi connectivity index (χ0v) is 13.0. The first-order chi connectivity index (χ1) is 11.6. The highest BCUT2D eigenvalue weighted by Gasteiger charge is 2.73. The van der Waals surface area contributed by atoms with E-state index in [-0.39, 0.29) is 24.1 Å². The largest absolute Gasteiger partial charge is 0.373 e. The molecule has 0 spiro atoms. The summed E-state index contributed by atoms with van der Waals surface area (Å²) in [5.74, 6) is 4.99. The quantitative estimate of drug-likeness (QED) is 0.609. The molecule has 4 saturated carbocycles. The second kappa shape index (κ2) is 4.75. The average molecular weight is 330 g/mol. The van der Waals surface area contributed by atoms with Gasteiger partial charge in [0.2, 0.25) is 0 Å². The summed E-state index contributed by atoms with van der Waals surface area (Å²) in [4.78, 5) is 20.8. The minimum Gasteiger partial charge on any atom is -0.373 e. The first-order valence-corrected chi connectivity index (χ1v) is 8.59. The monoisotopic (exact) mass is 330 g/mol. The van der Waals surface area contributed by atoms with E-state index in [1.807, 2.05) is 0 Å². The maximum atomic E-state index is 11.2. The topological polar surface area (TPSA) is 95.5 Å². The van der Waals surface area contributed by atoms with Gasteiger partial charge in [-0.25, -0.2) is 0 Å². The smallest absolute Gasteiger partial charge is 0.281 e. The molecule has 4 aliphatic rings. The number of fused-ring (bicyclic) bond motifs is 2. The summed E-state index contributed by atoms with van der Waals surface area (Å²) in [6.45, 7) is 0.164. The summed E-state index contributed by atoms with van der Waals surface area (Å²) in [6.07, 6.45) is 4.01. The third-order valence-electron chi connectivity index (χ3n) is 7.11. The zero-order chi connectivity index (χ0) is 16.6. The summed E-state index contributed by atoms with van der Waals surface area (Å²) in [5.41, 5.74) is -0.0624. The minimum absolute atomic E-state index is 0.164. The average Bonchev–Trinajstić information content (AvgIpc) is 2.81. The number of hydrogen-bond donors (Lipinski definition) is 0. The van der Waals surface area contributed by atoms with Crippen molar-refractivity contribution in [3.8, 4) is 0 Å². The summed E-state index contributed by atoms with van der Waals surface area (Å²) < 4.78 is 6.09. The molecule has 4 aliphatic carbocycles. The Morgan fingerprint density at radius 1 is 1.00 bits per heavy atom. The van der Waals surface area contributed by atoms with Crippen molar-refractivity contribution in [1.82, 2.24) is 0 Å². The van der Waals surface area contributed by atoms with Gasteiger partial charge >= 0.3 is 0 Å². The first-order valence-electron chi connectivity index (χ1n) is 8.59. The van der Waals surface area contributed by atoms with Gasteiger partial charge in [-0.15, -0.1) is 0 Å². The van der Waals surface area contributed by atoms with Crippen LogP contribution in [-0.4, -0.2) is 16.0 Å². The molecule has 7 atom stereocenters. The first kappa shape index (κ1) is 14.3. The van der Waals surface area contributed by atoms with Crippen molar-refractivity contribution >= 4 is 11.4 Å². The second-order valence-corrected chi connectivity index (χ2v) is 7.71. The molecule has 0 aromatic heterocycles. The highest BCUT2D eigenvalue weighted by Crippen LogP contribution is 2.77. The van der Waals surface area contributed by atoms with E-state index in [1.54, 1.807) is 0 Å². The molecule has 4 fully saturated rings. The van der Waals surface area contributed by atoms with Crippen LogP contribution in [0, 0.1) is 55.7 Å². The van der Waals surface area contributed by atoms with Crippen LogP contribution in [0.25, 0.3) is 0 Å². The van der Waals surface area contributed by atoms with Gasteiger partial charge in [0.25, 0.3) is 11.4 Å². The van der Waals surface area contributed by atoms with Gasteiger partial charge in [-0.2, -0.15) is 0 Å².